The topological polar surface area (TPSA) is 50.8 Å². The van der Waals surface area contributed by atoms with E-state index in [4.69, 9.17) is 9.47 Å². The maximum absolute atomic E-state index is 13.9. The predicted molar refractivity (Wildman–Crippen MR) is 105 cm³/mol. The molecule has 2 aromatic rings. The van der Waals surface area contributed by atoms with Crippen molar-refractivity contribution in [3.8, 4) is 11.5 Å². The summed E-state index contributed by atoms with van der Waals surface area (Å²) in [6, 6.07) is 11.8. The fourth-order valence-electron chi connectivity index (χ4n) is 4.59. The third-order valence-corrected chi connectivity index (χ3v) is 5.80. The van der Waals surface area contributed by atoms with Crippen LogP contribution in [0.3, 0.4) is 0 Å². The predicted octanol–water partition coefficient (Wildman–Crippen LogP) is 3.05. The first-order valence-electron chi connectivity index (χ1n) is 9.37. The van der Waals surface area contributed by atoms with Crippen molar-refractivity contribution in [1.82, 2.24) is 10.2 Å². The van der Waals surface area contributed by atoms with Gasteiger partial charge in [-0.2, -0.15) is 0 Å². The summed E-state index contributed by atoms with van der Waals surface area (Å²) in [6.07, 6.45) is 0. The van der Waals surface area contributed by atoms with Gasteiger partial charge in [0.05, 0.1) is 6.04 Å². The van der Waals surface area contributed by atoms with E-state index >= 15 is 0 Å². The van der Waals surface area contributed by atoms with E-state index in [0.29, 0.717) is 48.7 Å². The summed E-state index contributed by atoms with van der Waals surface area (Å²) in [7, 11) is 0. The largest absolute Gasteiger partial charge is 0.486 e. The van der Waals surface area contributed by atoms with Gasteiger partial charge in [-0.3, -0.25) is 4.79 Å². The molecule has 3 aliphatic heterocycles. The number of carbonyl (C=O) groups is 1. The molecule has 2 aromatic carbocycles. The molecule has 0 aromatic heterocycles. The normalized spacial score (nSPS) is 25.2. The van der Waals surface area contributed by atoms with Crippen molar-refractivity contribution in [1.29, 1.82) is 0 Å². The van der Waals surface area contributed by atoms with Crippen molar-refractivity contribution in [2.75, 3.05) is 32.8 Å². The highest BCUT2D eigenvalue weighted by Gasteiger charge is 2.47. The van der Waals surface area contributed by atoms with Gasteiger partial charge in [-0.15, -0.1) is 12.4 Å². The van der Waals surface area contributed by atoms with Crippen LogP contribution in [0, 0.1) is 17.7 Å². The molecule has 1 amide bonds. The molecular formula is C21H22ClFN2O3. The zero-order chi connectivity index (χ0) is 18.4. The van der Waals surface area contributed by atoms with Gasteiger partial charge in [-0.25, -0.2) is 4.39 Å². The van der Waals surface area contributed by atoms with Gasteiger partial charge in [-0.05, 0) is 41.8 Å². The SMILES string of the molecule is Cl.O=C(c1ccc2c(c1)OCCO2)N1C[C@@H]2CNC[C@@H]2[C@H]1c1cccc(F)c1. The molecular weight excluding hydrogens is 383 g/mol. The fraction of sp³-hybridized carbons (Fsp3) is 0.381. The Morgan fingerprint density at radius 2 is 1.89 bits per heavy atom. The number of rotatable bonds is 2. The van der Waals surface area contributed by atoms with E-state index in [-0.39, 0.29) is 30.2 Å². The van der Waals surface area contributed by atoms with Crippen LogP contribution in [0.1, 0.15) is 22.0 Å². The van der Waals surface area contributed by atoms with Gasteiger partial charge < -0.3 is 19.7 Å². The van der Waals surface area contributed by atoms with Crippen molar-refractivity contribution in [2.45, 2.75) is 6.04 Å². The molecule has 0 spiro atoms. The number of nitrogens with one attached hydrogen (secondary N) is 1. The van der Waals surface area contributed by atoms with Crippen LogP contribution < -0.4 is 14.8 Å². The number of ether oxygens (including phenoxy) is 2. The molecule has 3 aliphatic rings. The summed E-state index contributed by atoms with van der Waals surface area (Å²) in [5.74, 6) is 1.65. The maximum atomic E-state index is 13.9. The summed E-state index contributed by atoms with van der Waals surface area (Å²) >= 11 is 0. The molecule has 0 unspecified atom stereocenters. The zero-order valence-corrected chi connectivity index (χ0v) is 16.1. The molecule has 3 atom stereocenters. The third-order valence-electron chi connectivity index (χ3n) is 5.80. The van der Waals surface area contributed by atoms with Crippen LogP contribution in [-0.2, 0) is 0 Å². The van der Waals surface area contributed by atoms with Crippen molar-refractivity contribution in [2.24, 2.45) is 11.8 Å². The average molecular weight is 405 g/mol. The number of likely N-dealkylation sites (tertiary alicyclic amines) is 1. The van der Waals surface area contributed by atoms with Gasteiger partial charge >= 0.3 is 0 Å². The van der Waals surface area contributed by atoms with Crippen molar-refractivity contribution < 1.29 is 18.7 Å². The Morgan fingerprint density at radius 1 is 1.07 bits per heavy atom. The lowest BCUT2D eigenvalue weighted by atomic mass is 9.89. The number of halogens is 2. The highest BCUT2D eigenvalue weighted by atomic mass is 35.5. The summed E-state index contributed by atoms with van der Waals surface area (Å²) in [5, 5.41) is 3.41. The van der Waals surface area contributed by atoms with Gasteiger partial charge in [0.2, 0.25) is 0 Å². The molecule has 3 heterocycles. The van der Waals surface area contributed by atoms with Crippen LogP contribution in [0.2, 0.25) is 0 Å². The summed E-state index contributed by atoms with van der Waals surface area (Å²) in [6.45, 7) is 3.41. The first kappa shape index (κ1) is 19.0. The number of hydrogen-bond acceptors (Lipinski definition) is 4. The Balaban J connectivity index is 0.00000192. The molecule has 2 saturated heterocycles. The first-order valence-corrected chi connectivity index (χ1v) is 9.37. The molecule has 148 valence electrons. The smallest absolute Gasteiger partial charge is 0.254 e. The number of carbonyl (C=O) groups excluding carboxylic acids is 1. The number of fused-ring (bicyclic) bond motifs is 2. The molecule has 0 radical (unpaired) electrons. The minimum atomic E-state index is -0.270. The monoisotopic (exact) mass is 404 g/mol. The van der Waals surface area contributed by atoms with E-state index in [2.05, 4.69) is 5.32 Å². The third kappa shape index (κ3) is 3.20. The minimum Gasteiger partial charge on any atom is -0.486 e. The lowest BCUT2D eigenvalue weighted by molar-refractivity contribution is 0.0712. The Labute approximate surface area is 169 Å². The standard InChI is InChI=1S/C21H21FN2O3.ClH/c22-16-3-1-2-13(8-16)20-17-11-23-10-15(17)12-24(20)21(25)14-4-5-18-19(9-14)27-7-6-26-18;/h1-5,8-9,15,17,20,23H,6-7,10-12H2;1H/t15-,17-,20+;/m0./s1. The minimum absolute atomic E-state index is 0. The number of nitrogens with zero attached hydrogens (tertiary/aromatic N) is 1. The van der Waals surface area contributed by atoms with Crippen LogP contribution in [0.5, 0.6) is 11.5 Å². The maximum Gasteiger partial charge on any atom is 0.254 e. The molecule has 1 N–H and O–H groups in total. The van der Waals surface area contributed by atoms with Crippen LogP contribution >= 0.6 is 12.4 Å². The Kier molecular flexibility index (Phi) is 5.17. The Hall–Kier alpha value is -2.31. The molecule has 7 heteroatoms. The van der Waals surface area contributed by atoms with Gasteiger partial charge in [0.25, 0.3) is 5.91 Å². The molecule has 0 bridgehead atoms. The van der Waals surface area contributed by atoms with Gasteiger partial charge in [0.1, 0.15) is 19.0 Å². The zero-order valence-electron chi connectivity index (χ0n) is 15.3. The van der Waals surface area contributed by atoms with Crippen LogP contribution in [-0.4, -0.2) is 43.7 Å². The quantitative estimate of drug-likeness (QED) is 0.835. The van der Waals surface area contributed by atoms with Crippen molar-refractivity contribution >= 4 is 18.3 Å². The van der Waals surface area contributed by atoms with Crippen LogP contribution in [0.25, 0.3) is 0 Å². The van der Waals surface area contributed by atoms with E-state index in [0.717, 1.165) is 18.7 Å². The summed E-state index contributed by atoms with van der Waals surface area (Å²) in [4.78, 5) is 15.2. The lowest BCUT2D eigenvalue weighted by Crippen LogP contribution is -2.34. The Morgan fingerprint density at radius 3 is 2.71 bits per heavy atom. The van der Waals surface area contributed by atoms with E-state index in [1.54, 1.807) is 30.3 Å². The molecule has 0 aliphatic carbocycles. The molecule has 0 saturated carbocycles. The second-order valence-corrected chi connectivity index (χ2v) is 7.40. The van der Waals surface area contributed by atoms with E-state index in [1.165, 1.54) is 6.07 Å². The summed E-state index contributed by atoms with van der Waals surface area (Å²) < 4.78 is 25.0. The average Bonchev–Trinajstić information content (AvgIpc) is 3.28. The van der Waals surface area contributed by atoms with E-state index in [1.807, 2.05) is 11.0 Å². The Bertz CT molecular complexity index is 894. The molecule has 5 rings (SSSR count). The van der Waals surface area contributed by atoms with Crippen molar-refractivity contribution in [3.05, 3.63) is 59.4 Å². The number of benzene rings is 2. The lowest BCUT2D eigenvalue weighted by Gasteiger charge is -2.29. The van der Waals surface area contributed by atoms with Gasteiger partial charge in [0, 0.05) is 31.1 Å². The molecule has 28 heavy (non-hydrogen) atoms. The summed E-state index contributed by atoms with van der Waals surface area (Å²) in [5.41, 5.74) is 1.44. The number of hydrogen-bond donors (Lipinski definition) is 1. The first-order chi connectivity index (χ1) is 13.2. The second kappa shape index (κ2) is 7.60. The van der Waals surface area contributed by atoms with E-state index < -0.39 is 0 Å². The second-order valence-electron chi connectivity index (χ2n) is 7.40. The highest BCUT2D eigenvalue weighted by molar-refractivity contribution is 5.95. The van der Waals surface area contributed by atoms with Crippen LogP contribution in [0.15, 0.2) is 42.5 Å². The highest BCUT2D eigenvalue weighted by Crippen LogP contribution is 2.44. The van der Waals surface area contributed by atoms with Crippen LogP contribution in [0.4, 0.5) is 4.39 Å². The van der Waals surface area contributed by atoms with Gasteiger partial charge in [0.15, 0.2) is 11.5 Å². The van der Waals surface area contributed by atoms with Gasteiger partial charge in [-0.1, -0.05) is 12.1 Å². The number of amides is 1. The van der Waals surface area contributed by atoms with Crippen molar-refractivity contribution in [3.63, 3.8) is 0 Å². The fourth-order valence-corrected chi connectivity index (χ4v) is 4.59. The molecule has 2 fully saturated rings. The van der Waals surface area contributed by atoms with E-state index in [9.17, 15) is 9.18 Å². The molecule has 5 nitrogen and oxygen atoms in total.